The molecular weight excluding hydrogens is 768 g/mol. The molecule has 4 aromatic heterocycles. The summed E-state index contributed by atoms with van der Waals surface area (Å²) in [6.45, 7) is 0. The fourth-order valence-electron chi connectivity index (χ4n) is 5.66. The van der Waals surface area contributed by atoms with Crippen molar-refractivity contribution in [2.75, 3.05) is 10.6 Å². The van der Waals surface area contributed by atoms with Crippen molar-refractivity contribution in [2.24, 2.45) is 0 Å². The molecule has 0 saturated heterocycles. The predicted molar refractivity (Wildman–Crippen MR) is 179 cm³/mol. The molecule has 0 aliphatic heterocycles. The van der Waals surface area contributed by atoms with Gasteiger partial charge in [-0.1, -0.05) is 55.1 Å². The molecule has 2 N–H and O–H groups in total. The molecule has 1 saturated carbocycles. The number of nitrogens with one attached hydrogen (secondary N) is 2. The van der Waals surface area contributed by atoms with E-state index in [4.69, 9.17) is 20.4 Å². The van der Waals surface area contributed by atoms with E-state index in [1.807, 2.05) is 24.3 Å². The fourth-order valence-corrected chi connectivity index (χ4v) is 5.78. The van der Waals surface area contributed by atoms with Crippen molar-refractivity contribution in [2.45, 2.75) is 62.7 Å². The summed E-state index contributed by atoms with van der Waals surface area (Å²) in [4.78, 5) is 16.0. The Hall–Kier alpha value is -5.79. The summed E-state index contributed by atoms with van der Waals surface area (Å²) in [5, 5.41) is 19.7. The van der Waals surface area contributed by atoms with Crippen LogP contribution in [0, 0.1) is 5.82 Å². The molecular formula is C34H27ClF8N10O2. The van der Waals surface area contributed by atoms with Gasteiger partial charge in [0.1, 0.15) is 5.82 Å². The Balaban J connectivity index is 0.000000187. The zero-order valence-electron chi connectivity index (χ0n) is 28.0. The standard InChI is InChI=1S/C19H18ClF2N5O.C15H9F6N5O/c20-14-6-4-13(5-7-14)19(8-2-1-3-9-19)25-18-23-10-12(11-24-18)16-26-27-17(28-16)15(21)22;16-9-3-1-7(2-4-9)10(15(19,20)21)24-14-22-5-8(6-23-14)12-25-26-13(27-12)11(17)18/h4-7,10-11,15H,1-3,8-9H2,(H,23,24,25);1-6,10-11H,(H,22,23,24). The minimum absolute atomic E-state index is 0.0352. The minimum Gasteiger partial charge on any atom is -0.415 e. The van der Waals surface area contributed by atoms with Crippen molar-refractivity contribution in [1.29, 1.82) is 0 Å². The van der Waals surface area contributed by atoms with E-state index in [0.717, 1.165) is 67.9 Å². The molecule has 1 fully saturated rings. The first kappa shape index (κ1) is 38.9. The van der Waals surface area contributed by atoms with Crippen molar-refractivity contribution >= 4 is 23.5 Å². The summed E-state index contributed by atoms with van der Waals surface area (Å²) in [5.41, 5.74) is 1.06. The van der Waals surface area contributed by atoms with Crippen LogP contribution in [0.2, 0.25) is 5.02 Å². The Bertz CT molecular complexity index is 2130. The number of hydrogen-bond acceptors (Lipinski definition) is 12. The summed E-state index contributed by atoms with van der Waals surface area (Å²) in [6.07, 6.45) is -0.122. The van der Waals surface area contributed by atoms with Crippen molar-refractivity contribution in [3.8, 4) is 22.9 Å². The van der Waals surface area contributed by atoms with Gasteiger partial charge in [-0.2, -0.15) is 30.7 Å². The molecule has 4 heterocycles. The average molecular weight is 795 g/mol. The van der Waals surface area contributed by atoms with Gasteiger partial charge in [-0.05, 0) is 48.2 Å². The summed E-state index contributed by atoms with van der Waals surface area (Å²) in [5.74, 6) is -2.58. The van der Waals surface area contributed by atoms with E-state index in [1.165, 1.54) is 18.8 Å². The number of rotatable bonds is 10. The Morgan fingerprint density at radius 3 is 1.60 bits per heavy atom. The van der Waals surface area contributed by atoms with Crippen molar-refractivity contribution in [3.63, 3.8) is 0 Å². The lowest BCUT2D eigenvalue weighted by molar-refractivity contribution is -0.144. The molecule has 21 heteroatoms. The van der Waals surface area contributed by atoms with Gasteiger partial charge in [-0.3, -0.25) is 0 Å². The highest BCUT2D eigenvalue weighted by Crippen LogP contribution is 2.40. The normalized spacial score (nSPS) is 14.7. The molecule has 0 amide bonds. The molecule has 7 rings (SSSR count). The van der Waals surface area contributed by atoms with Crippen molar-refractivity contribution in [3.05, 3.63) is 107 Å². The quantitative estimate of drug-likeness (QED) is 0.127. The molecule has 12 nitrogen and oxygen atoms in total. The predicted octanol–water partition coefficient (Wildman–Crippen LogP) is 9.71. The molecule has 6 aromatic rings. The highest BCUT2D eigenvalue weighted by Gasteiger charge is 2.41. The van der Waals surface area contributed by atoms with Crippen LogP contribution < -0.4 is 10.6 Å². The van der Waals surface area contributed by atoms with E-state index in [0.29, 0.717) is 16.5 Å². The Morgan fingerprint density at radius 2 is 1.15 bits per heavy atom. The first-order valence-electron chi connectivity index (χ1n) is 16.3. The van der Waals surface area contributed by atoms with E-state index in [9.17, 15) is 35.1 Å². The van der Waals surface area contributed by atoms with Crippen molar-refractivity contribution in [1.82, 2.24) is 40.3 Å². The number of benzene rings is 2. The van der Waals surface area contributed by atoms with E-state index >= 15 is 0 Å². The lowest BCUT2D eigenvalue weighted by Gasteiger charge is -2.38. The van der Waals surface area contributed by atoms with Crippen LogP contribution in [0.15, 0.2) is 82.2 Å². The third-order valence-corrected chi connectivity index (χ3v) is 8.56. The molecule has 0 spiro atoms. The van der Waals surface area contributed by atoms with Crippen LogP contribution in [-0.4, -0.2) is 46.5 Å². The second kappa shape index (κ2) is 16.7. The smallest absolute Gasteiger partial charge is 0.412 e. The highest BCUT2D eigenvalue weighted by atomic mass is 35.5. The van der Waals surface area contributed by atoms with E-state index < -0.39 is 42.7 Å². The van der Waals surface area contributed by atoms with Crippen LogP contribution in [0.4, 0.5) is 47.0 Å². The largest absolute Gasteiger partial charge is 0.415 e. The topological polar surface area (TPSA) is 153 Å². The van der Waals surface area contributed by atoms with Crippen LogP contribution in [0.3, 0.4) is 0 Å². The van der Waals surface area contributed by atoms with E-state index in [1.54, 1.807) is 0 Å². The van der Waals surface area contributed by atoms with Crippen LogP contribution in [0.5, 0.6) is 0 Å². The first-order valence-corrected chi connectivity index (χ1v) is 16.7. The van der Waals surface area contributed by atoms with Gasteiger partial charge < -0.3 is 19.5 Å². The molecule has 55 heavy (non-hydrogen) atoms. The van der Waals surface area contributed by atoms with Crippen LogP contribution in [0.25, 0.3) is 22.9 Å². The Kier molecular flexibility index (Phi) is 11.8. The van der Waals surface area contributed by atoms with Crippen LogP contribution >= 0.6 is 11.6 Å². The lowest BCUT2D eigenvalue weighted by Crippen LogP contribution is -2.38. The van der Waals surface area contributed by atoms with Gasteiger partial charge in [0.15, 0.2) is 6.04 Å². The highest BCUT2D eigenvalue weighted by molar-refractivity contribution is 6.30. The van der Waals surface area contributed by atoms with Gasteiger partial charge in [-0.25, -0.2) is 24.3 Å². The third kappa shape index (κ3) is 9.66. The molecule has 1 aliphatic rings. The maximum absolute atomic E-state index is 13.3. The summed E-state index contributed by atoms with van der Waals surface area (Å²) in [7, 11) is 0. The van der Waals surface area contributed by atoms with Crippen LogP contribution in [-0.2, 0) is 5.54 Å². The van der Waals surface area contributed by atoms with Gasteiger partial charge in [0.2, 0.25) is 11.9 Å². The molecule has 0 bridgehead atoms. The summed E-state index contributed by atoms with van der Waals surface area (Å²) >= 11 is 6.04. The number of anilines is 2. The lowest BCUT2D eigenvalue weighted by atomic mass is 9.76. The van der Waals surface area contributed by atoms with Gasteiger partial charge in [-0.15, -0.1) is 20.4 Å². The maximum Gasteiger partial charge on any atom is 0.412 e. The number of aromatic nitrogens is 8. The van der Waals surface area contributed by atoms with Gasteiger partial charge in [0, 0.05) is 29.8 Å². The summed E-state index contributed by atoms with van der Waals surface area (Å²) in [6, 6.07) is 9.41. The fraction of sp³-hybridized carbons (Fsp3) is 0.294. The molecule has 288 valence electrons. The Morgan fingerprint density at radius 1 is 0.655 bits per heavy atom. The Labute approximate surface area is 310 Å². The molecule has 2 aromatic carbocycles. The third-order valence-electron chi connectivity index (χ3n) is 8.31. The summed E-state index contributed by atoms with van der Waals surface area (Å²) < 4.78 is 113. The molecule has 1 unspecified atom stereocenters. The maximum atomic E-state index is 13.3. The van der Waals surface area contributed by atoms with E-state index in [-0.39, 0.29) is 34.4 Å². The van der Waals surface area contributed by atoms with E-state index in [2.05, 4.69) is 51.0 Å². The SMILES string of the molecule is FC(F)c1nnc(-c2cnc(NC3(c4ccc(Cl)cc4)CCCCC3)nc2)o1.Fc1ccc(C(Nc2ncc(-c3nnc(C(F)F)o3)cn2)C(F)(F)F)cc1. The number of hydrogen-bond donors (Lipinski definition) is 2. The monoisotopic (exact) mass is 794 g/mol. The van der Waals surface area contributed by atoms with Crippen LogP contribution in [0.1, 0.15) is 73.9 Å². The zero-order chi connectivity index (χ0) is 39.2. The van der Waals surface area contributed by atoms with Crippen molar-refractivity contribution < 1.29 is 44.0 Å². The number of nitrogens with zero attached hydrogens (tertiary/aromatic N) is 8. The number of alkyl halides is 7. The second-order valence-electron chi connectivity index (χ2n) is 12.0. The molecule has 1 atom stereocenters. The van der Waals surface area contributed by atoms with Gasteiger partial charge in [0.05, 0.1) is 16.7 Å². The zero-order valence-corrected chi connectivity index (χ0v) is 28.7. The van der Waals surface area contributed by atoms with Gasteiger partial charge in [0.25, 0.3) is 23.6 Å². The molecule has 0 radical (unpaired) electrons. The second-order valence-corrected chi connectivity index (χ2v) is 12.5. The van der Waals surface area contributed by atoms with Gasteiger partial charge >= 0.3 is 19.0 Å². The minimum atomic E-state index is -4.71. The average Bonchev–Trinajstić information content (AvgIpc) is 3.88. The molecule has 1 aliphatic carbocycles. The first-order chi connectivity index (χ1) is 26.3. The number of halogens is 9.